The molecule has 0 unspecified atom stereocenters. The van der Waals surface area contributed by atoms with E-state index in [4.69, 9.17) is 0 Å². The van der Waals surface area contributed by atoms with Crippen LogP contribution in [0.4, 0.5) is 11.4 Å². The largest absolute Gasteiger partial charge is 0.389 e. The Hall–Kier alpha value is -1.88. The summed E-state index contributed by atoms with van der Waals surface area (Å²) in [6.07, 6.45) is 4.63. The minimum Gasteiger partial charge on any atom is -0.389 e. The Morgan fingerprint density at radius 2 is 1.57 bits per heavy atom. The van der Waals surface area contributed by atoms with Gasteiger partial charge in [-0.05, 0) is 37.1 Å². The molecule has 0 spiro atoms. The average Bonchev–Trinajstić information content (AvgIpc) is 2.40. The molecule has 2 rings (SSSR count). The summed E-state index contributed by atoms with van der Waals surface area (Å²) in [4.78, 5) is 22.9. The van der Waals surface area contributed by atoms with Crippen molar-refractivity contribution in [3.63, 3.8) is 0 Å². The summed E-state index contributed by atoms with van der Waals surface area (Å²) in [5.74, 6) is -0.307. The number of nitrogens with one attached hydrogen (secondary N) is 2. The van der Waals surface area contributed by atoms with Crippen molar-refractivity contribution in [1.29, 1.82) is 0 Å². The maximum atomic E-state index is 12.0. The third-order valence-electron chi connectivity index (χ3n) is 3.76. The van der Waals surface area contributed by atoms with E-state index in [9.17, 15) is 14.7 Å². The van der Waals surface area contributed by atoms with Crippen LogP contribution in [0.1, 0.15) is 45.4 Å². The molecule has 1 saturated carbocycles. The van der Waals surface area contributed by atoms with Gasteiger partial charge in [0, 0.05) is 18.3 Å². The summed E-state index contributed by atoms with van der Waals surface area (Å²) in [5.41, 5.74) is 0.498. The fourth-order valence-corrected chi connectivity index (χ4v) is 2.73. The van der Waals surface area contributed by atoms with E-state index in [1.807, 2.05) is 0 Å². The van der Waals surface area contributed by atoms with E-state index >= 15 is 0 Å². The van der Waals surface area contributed by atoms with Gasteiger partial charge in [-0.2, -0.15) is 0 Å². The van der Waals surface area contributed by atoms with Gasteiger partial charge in [-0.25, -0.2) is 0 Å². The lowest BCUT2D eigenvalue weighted by Gasteiger charge is -2.31. The molecule has 0 aliphatic heterocycles. The van der Waals surface area contributed by atoms with Crippen LogP contribution < -0.4 is 10.6 Å². The summed E-state index contributed by atoms with van der Waals surface area (Å²) < 4.78 is 0. The number of amides is 2. The quantitative estimate of drug-likeness (QED) is 0.797. The predicted octanol–water partition coefficient (Wildman–Crippen LogP) is 2.67. The zero-order chi connectivity index (χ0) is 15.3. The van der Waals surface area contributed by atoms with Crippen LogP contribution in [0.5, 0.6) is 0 Å². The molecule has 1 aromatic carbocycles. The van der Waals surface area contributed by atoms with Gasteiger partial charge in [0.15, 0.2) is 0 Å². The zero-order valence-electron chi connectivity index (χ0n) is 12.3. The SMILES string of the molecule is CC(=O)Nc1ccc(NC(=O)CC2(O)CCCCC2)cc1. The minimum atomic E-state index is -0.849. The van der Waals surface area contributed by atoms with Gasteiger partial charge in [-0.1, -0.05) is 19.3 Å². The molecule has 1 aliphatic carbocycles. The van der Waals surface area contributed by atoms with Crippen molar-refractivity contribution in [2.24, 2.45) is 0 Å². The third kappa shape index (κ3) is 4.86. The summed E-state index contributed by atoms with van der Waals surface area (Å²) in [5, 5.41) is 15.8. The number of hydrogen-bond donors (Lipinski definition) is 3. The Morgan fingerprint density at radius 1 is 1.05 bits per heavy atom. The number of aliphatic hydroxyl groups is 1. The van der Waals surface area contributed by atoms with Crippen molar-refractivity contribution in [3.05, 3.63) is 24.3 Å². The fraction of sp³-hybridized carbons (Fsp3) is 0.500. The second-order valence-electron chi connectivity index (χ2n) is 5.77. The van der Waals surface area contributed by atoms with Crippen LogP contribution in [-0.4, -0.2) is 22.5 Å². The molecule has 5 heteroatoms. The van der Waals surface area contributed by atoms with Crippen molar-refractivity contribution in [2.75, 3.05) is 10.6 Å². The number of carbonyl (C=O) groups is 2. The number of carbonyl (C=O) groups excluding carboxylic acids is 2. The molecule has 1 aromatic rings. The van der Waals surface area contributed by atoms with Gasteiger partial charge < -0.3 is 15.7 Å². The van der Waals surface area contributed by atoms with Crippen LogP contribution in [0, 0.1) is 0 Å². The molecular formula is C16H22N2O3. The maximum Gasteiger partial charge on any atom is 0.227 e. The molecule has 0 heterocycles. The second kappa shape index (κ2) is 6.72. The van der Waals surface area contributed by atoms with Crippen LogP contribution in [-0.2, 0) is 9.59 Å². The van der Waals surface area contributed by atoms with E-state index in [2.05, 4.69) is 10.6 Å². The molecule has 0 saturated heterocycles. The van der Waals surface area contributed by atoms with Crippen molar-refractivity contribution < 1.29 is 14.7 Å². The van der Waals surface area contributed by atoms with Crippen molar-refractivity contribution >= 4 is 23.2 Å². The molecule has 0 radical (unpaired) electrons. The van der Waals surface area contributed by atoms with Crippen LogP contribution in [0.2, 0.25) is 0 Å². The molecule has 21 heavy (non-hydrogen) atoms. The van der Waals surface area contributed by atoms with E-state index in [0.29, 0.717) is 24.2 Å². The molecule has 0 atom stereocenters. The van der Waals surface area contributed by atoms with E-state index in [0.717, 1.165) is 19.3 Å². The minimum absolute atomic E-state index is 0.133. The zero-order valence-corrected chi connectivity index (χ0v) is 12.3. The Labute approximate surface area is 124 Å². The number of rotatable bonds is 4. The first-order chi connectivity index (χ1) is 9.97. The van der Waals surface area contributed by atoms with Crippen LogP contribution in [0.25, 0.3) is 0 Å². The van der Waals surface area contributed by atoms with Gasteiger partial charge >= 0.3 is 0 Å². The molecule has 5 nitrogen and oxygen atoms in total. The lowest BCUT2D eigenvalue weighted by atomic mass is 9.82. The summed E-state index contributed by atoms with van der Waals surface area (Å²) in [6.45, 7) is 1.44. The third-order valence-corrected chi connectivity index (χ3v) is 3.76. The predicted molar refractivity (Wildman–Crippen MR) is 82.0 cm³/mol. The van der Waals surface area contributed by atoms with E-state index in [-0.39, 0.29) is 18.2 Å². The van der Waals surface area contributed by atoms with Crippen LogP contribution in [0.15, 0.2) is 24.3 Å². The highest BCUT2D eigenvalue weighted by molar-refractivity contribution is 5.92. The Kier molecular flexibility index (Phi) is 4.96. The van der Waals surface area contributed by atoms with Gasteiger partial charge in [0.2, 0.25) is 11.8 Å². The van der Waals surface area contributed by atoms with E-state index in [1.54, 1.807) is 24.3 Å². The molecular weight excluding hydrogens is 268 g/mol. The monoisotopic (exact) mass is 290 g/mol. The standard InChI is InChI=1S/C16H22N2O3/c1-12(19)17-13-5-7-14(8-6-13)18-15(20)11-16(21)9-3-2-4-10-16/h5-8,21H,2-4,9-11H2,1H3,(H,17,19)(H,18,20). The highest BCUT2D eigenvalue weighted by atomic mass is 16.3. The normalized spacial score (nSPS) is 17.0. The Morgan fingerprint density at radius 3 is 2.10 bits per heavy atom. The summed E-state index contributed by atoms with van der Waals surface area (Å²) >= 11 is 0. The van der Waals surface area contributed by atoms with Crippen LogP contribution in [0.3, 0.4) is 0 Å². The lowest BCUT2D eigenvalue weighted by Crippen LogP contribution is -2.35. The molecule has 114 valence electrons. The Balaban J connectivity index is 1.88. The number of hydrogen-bond acceptors (Lipinski definition) is 3. The maximum absolute atomic E-state index is 12.0. The summed E-state index contributed by atoms with van der Waals surface area (Å²) in [7, 11) is 0. The number of anilines is 2. The van der Waals surface area contributed by atoms with E-state index in [1.165, 1.54) is 6.92 Å². The first-order valence-corrected chi connectivity index (χ1v) is 7.37. The smallest absolute Gasteiger partial charge is 0.227 e. The van der Waals surface area contributed by atoms with Gasteiger partial charge in [0.05, 0.1) is 12.0 Å². The van der Waals surface area contributed by atoms with Crippen LogP contribution >= 0.6 is 0 Å². The molecule has 1 fully saturated rings. The van der Waals surface area contributed by atoms with Gasteiger partial charge in [0.25, 0.3) is 0 Å². The van der Waals surface area contributed by atoms with Crippen molar-refractivity contribution in [1.82, 2.24) is 0 Å². The number of benzene rings is 1. The molecule has 0 aromatic heterocycles. The average molecular weight is 290 g/mol. The molecule has 2 amide bonds. The van der Waals surface area contributed by atoms with Crippen molar-refractivity contribution in [2.45, 2.75) is 51.0 Å². The first kappa shape index (κ1) is 15.5. The topological polar surface area (TPSA) is 78.4 Å². The van der Waals surface area contributed by atoms with Crippen molar-refractivity contribution in [3.8, 4) is 0 Å². The van der Waals surface area contributed by atoms with Gasteiger partial charge in [-0.15, -0.1) is 0 Å². The summed E-state index contributed by atoms with van der Waals surface area (Å²) in [6, 6.07) is 6.92. The highest BCUT2D eigenvalue weighted by Gasteiger charge is 2.31. The highest BCUT2D eigenvalue weighted by Crippen LogP contribution is 2.31. The lowest BCUT2D eigenvalue weighted by molar-refractivity contribution is -0.122. The Bertz CT molecular complexity index is 505. The fourth-order valence-electron chi connectivity index (χ4n) is 2.73. The second-order valence-corrected chi connectivity index (χ2v) is 5.77. The van der Waals surface area contributed by atoms with Gasteiger partial charge in [-0.3, -0.25) is 9.59 Å². The molecule has 1 aliphatic rings. The molecule has 0 bridgehead atoms. The first-order valence-electron chi connectivity index (χ1n) is 7.37. The van der Waals surface area contributed by atoms with E-state index < -0.39 is 5.60 Å². The molecule has 3 N–H and O–H groups in total. The van der Waals surface area contributed by atoms with Gasteiger partial charge in [0.1, 0.15) is 0 Å².